The van der Waals surface area contributed by atoms with Gasteiger partial charge in [-0.2, -0.15) is 0 Å². The standard InChI is InChI=1S/C11H16O6/c1-10(2)16-7-5-15-11(6-13-3-4-14-11)9(12)8(7)17-10/h7-8H,3-6H2,1-2H3. The summed E-state index contributed by atoms with van der Waals surface area (Å²) in [7, 11) is 0. The highest BCUT2D eigenvalue weighted by atomic mass is 16.8. The van der Waals surface area contributed by atoms with Crippen LogP contribution in [0.3, 0.4) is 0 Å². The van der Waals surface area contributed by atoms with Crippen molar-refractivity contribution in [2.24, 2.45) is 0 Å². The predicted octanol–water partition coefficient (Wildman–Crippen LogP) is -0.151. The third-order valence-corrected chi connectivity index (χ3v) is 3.15. The first-order valence-corrected chi connectivity index (χ1v) is 5.78. The lowest BCUT2D eigenvalue weighted by Crippen LogP contribution is -2.62. The smallest absolute Gasteiger partial charge is 0.256 e. The summed E-state index contributed by atoms with van der Waals surface area (Å²) in [5, 5.41) is 0. The van der Waals surface area contributed by atoms with Crippen molar-refractivity contribution in [3.05, 3.63) is 0 Å². The molecule has 0 N–H and O–H groups in total. The van der Waals surface area contributed by atoms with Gasteiger partial charge in [-0.05, 0) is 13.8 Å². The molecule has 0 aromatic heterocycles. The number of hydrogen-bond donors (Lipinski definition) is 0. The van der Waals surface area contributed by atoms with Gasteiger partial charge in [0.15, 0.2) is 11.9 Å². The van der Waals surface area contributed by atoms with Crippen molar-refractivity contribution in [1.82, 2.24) is 0 Å². The fourth-order valence-corrected chi connectivity index (χ4v) is 2.42. The van der Waals surface area contributed by atoms with Crippen LogP contribution in [0.1, 0.15) is 13.8 Å². The first kappa shape index (κ1) is 11.6. The first-order valence-electron chi connectivity index (χ1n) is 5.78. The van der Waals surface area contributed by atoms with Crippen molar-refractivity contribution < 1.29 is 28.5 Å². The number of ether oxygens (including phenoxy) is 5. The fourth-order valence-electron chi connectivity index (χ4n) is 2.42. The maximum Gasteiger partial charge on any atom is 0.256 e. The molecular formula is C11H16O6. The molecular weight excluding hydrogens is 228 g/mol. The highest BCUT2D eigenvalue weighted by molar-refractivity contribution is 5.91. The molecule has 1 spiro atoms. The molecule has 0 aromatic carbocycles. The maximum absolute atomic E-state index is 12.3. The molecule has 3 saturated heterocycles. The molecule has 0 aliphatic carbocycles. The minimum Gasteiger partial charge on any atom is -0.373 e. The summed E-state index contributed by atoms with van der Waals surface area (Å²) in [6.07, 6.45) is -0.978. The van der Waals surface area contributed by atoms with Gasteiger partial charge in [0, 0.05) is 0 Å². The van der Waals surface area contributed by atoms with Crippen molar-refractivity contribution in [2.75, 3.05) is 26.4 Å². The lowest BCUT2D eigenvalue weighted by atomic mass is 9.99. The predicted molar refractivity (Wildman–Crippen MR) is 54.3 cm³/mol. The second kappa shape index (κ2) is 3.73. The zero-order valence-corrected chi connectivity index (χ0v) is 9.93. The second-order valence-corrected chi connectivity index (χ2v) is 4.92. The van der Waals surface area contributed by atoms with Gasteiger partial charge >= 0.3 is 0 Å². The van der Waals surface area contributed by atoms with Crippen LogP contribution in [0.4, 0.5) is 0 Å². The molecule has 6 nitrogen and oxygen atoms in total. The number of hydrogen-bond acceptors (Lipinski definition) is 6. The molecule has 3 fully saturated rings. The fraction of sp³-hybridized carbons (Fsp3) is 0.909. The summed E-state index contributed by atoms with van der Waals surface area (Å²) in [5.41, 5.74) is 0. The Bertz CT molecular complexity index is 333. The van der Waals surface area contributed by atoms with Crippen LogP contribution in [-0.2, 0) is 28.5 Å². The molecule has 3 unspecified atom stereocenters. The van der Waals surface area contributed by atoms with Gasteiger partial charge < -0.3 is 23.7 Å². The van der Waals surface area contributed by atoms with E-state index in [0.29, 0.717) is 13.2 Å². The van der Waals surface area contributed by atoms with Crippen LogP contribution in [0.5, 0.6) is 0 Å². The van der Waals surface area contributed by atoms with Gasteiger partial charge in [0.1, 0.15) is 12.7 Å². The van der Waals surface area contributed by atoms with Crippen LogP contribution in [-0.4, -0.2) is 56.0 Å². The number of carbonyl (C=O) groups excluding carboxylic acids is 1. The van der Waals surface area contributed by atoms with E-state index >= 15 is 0 Å². The second-order valence-electron chi connectivity index (χ2n) is 4.92. The van der Waals surface area contributed by atoms with Gasteiger partial charge in [0.25, 0.3) is 5.79 Å². The van der Waals surface area contributed by atoms with E-state index < -0.39 is 17.7 Å². The molecule has 3 atom stereocenters. The van der Waals surface area contributed by atoms with E-state index in [1.165, 1.54) is 0 Å². The highest BCUT2D eigenvalue weighted by Crippen LogP contribution is 2.37. The summed E-state index contributed by atoms with van der Waals surface area (Å²) in [6.45, 7) is 4.80. The Morgan fingerprint density at radius 3 is 2.71 bits per heavy atom. The average Bonchev–Trinajstić information content (AvgIpc) is 2.61. The van der Waals surface area contributed by atoms with Crippen LogP contribution < -0.4 is 0 Å². The van der Waals surface area contributed by atoms with E-state index in [0.717, 1.165) is 0 Å². The Labute approximate surface area is 99.1 Å². The van der Waals surface area contributed by atoms with Crippen molar-refractivity contribution >= 4 is 5.78 Å². The highest BCUT2D eigenvalue weighted by Gasteiger charge is 2.58. The topological polar surface area (TPSA) is 63.2 Å². The maximum atomic E-state index is 12.3. The molecule has 17 heavy (non-hydrogen) atoms. The van der Waals surface area contributed by atoms with Crippen molar-refractivity contribution in [2.45, 2.75) is 37.6 Å². The zero-order chi connectivity index (χ0) is 12.1. The van der Waals surface area contributed by atoms with Gasteiger partial charge in [-0.25, -0.2) is 0 Å². The number of Topliss-reactive ketones (excluding diaryl/α,β-unsaturated/α-hetero) is 1. The van der Waals surface area contributed by atoms with Crippen molar-refractivity contribution in [1.29, 1.82) is 0 Å². The van der Waals surface area contributed by atoms with Gasteiger partial charge in [-0.3, -0.25) is 4.79 Å². The Balaban J connectivity index is 1.82. The Morgan fingerprint density at radius 2 is 2.00 bits per heavy atom. The molecule has 0 saturated carbocycles. The lowest BCUT2D eigenvalue weighted by Gasteiger charge is -2.40. The van der Waals surface area contributed by atoms with Gasteiger partial charge in [0.05, 0.1) is 19.8 Å². The van der Waals surface area contributed by atoms with Crippen LogP contribution >= 0.6 is 0 Å². The summed E-state index contributed by atoms with van der Waals surface area (Å²) in [5.74, 6) is -2.28. The van der Waals surface area contributed by atoms with Crippen LogP contribution in [0.25, 0.3) is 0 Å². The van der Waals surface area contributed by atoms with E-state index in [4.69, 9.17) is 23.7 Å². The monoisotopic (exact) mass is 244 g/mol. The SMILES string of the molecule is CC1(C)OC2COC3(COCCO3)C(=O)C2O1. The van der Waals surface area contributed by atoms with Gasteiger partial charge in [-0.15, -0.1) is 0 Å². The summed E-state index contributed by atoms with van der Waals surface area (Å²) in [4.78, 5) is 12.3. The van der Waals surface area contributed by atoms with Crippen LogP contribution in [0.2, 0.25) is 0 Å². The van der Waals surface area contributed by atoms with Crippen LogP contribution in [0, 0.1) is 0 Å². The molecule has 6 heteroatoms. The third-order valence-electron chi connectivity index (χ3n) is 3.15. The van der Waals surface area contributed by atoms with E-state index in [-0.39, 0.29) is 25.1 Å². The molecule has 3 rings (SSSR count). The van der Waals surface area contributed by atoms with E-state index in [2.05, 4.69) is 0 Å². The first-order chi connectivity index (χ1) is 8.03. The van der Waals surface area contributed by atoms with Crippen LogP contribution in [0.15, 0.2) is 0 Å². The molecule has 0 amide bonds. The third kappa shape index (κ3) is 1.80. The molecule has 3 aliphatic rings. The van der Waals surface area contributed by atoms with Crippen molar-refractivity contribution in [3.63, 3.8) is 0 Å². The largest absolute Gasteiger partial charge is 0.373 e. The number of ketones is 1. The Kier molecular flexibility index (Phi) is 2.53. The molecule has 0 bridgehead atoms. The quantitative estimate of drug-likeness (QED) is 0.590. The average molecular weight is 244 g/mol. The molecule has 96 valence electrons. The Hall–Kier alpha value is -0.530. The number of rotatable bonds is 0. The zero-order valence-electron chi connectivity index (χ0n) is 9.93. The van der Waals surface area contributed by atoms with Gasteiger partial charge in [-0.1, -0.05) is 0 Å². The van der Waals surface area contributed by atoms with E-state index in [1.807, 2.05) is 0 Å². The Morgan fingerprint density at radius 1 is 1.18 bits per heavy atom. The van der Waals surface area contributed by atoms with Crippen molar-refractivity contribution in [3.8, 4) is 0 Å². The summed E-state index contributed by atoms with van der Waals surface area (Å²) in [6, 6.07) is 0. The number of fused-ring (bicyclic) bond motifs is 1. The molecule has 3 heterocycles. The molecule has 0 radical (unpaired) electrons. The number of carbonyl (C=O) groups is 1. The lowest BCUT2D eigenvalue weighted by molar-refractivity contribution is -0.294. The normalized spacial score (nSPS) is 44.9. The van der Waals surface area contributed by atoms with E-state index in [9.17, 15) is 4.79 Å². The minimum absolute atomic E-state index is 0.124. The summed E-state index contributed by atoms with van der Waals surface area (Å²) < 4.78 is 27.5. The minimum atomic E-state index is -1.29. The molecule has 3 aliphatic heterocycles. The van der Waals surface area contributed by atoms with E-state index in [1.54, 1.807) is 13.8 Å². The van der Waals surface area contributed by atoms with Gasteiger partial charge in [0.2, 0.25) is 5.78 Å². The molecule has 0 aromatic rings. The summed E-state index contributed by atoms with van der Waals surface area (Å²) >= 11 is 0.